The minimum Gasteiger partial charge on any atom is -0.409 e. The van der Waals surface area contributed by atoms with E-state index in [1.165, 1.54) is 12.8 Å². The maximum Gasteiger partial charge on any atom is 0.171 e. The van der Waals surface area contributed by atoms with Crippen LogP contribution in [0.4, 0.5) is 5.69 Å². The molecule has 0 atom stereocenters. The average Bonchev–Trinajstić information content (AvgIpc) is 2.46. The van der Waals surface area contributed by atoms with Gasteiger partial charge in [0.05, 0.1) is 5.02 Å². The summed E-state index contributed by atoms with van der Waals surface area (Å²) in [6.45, 7) is 3.23. The summed E-state index contributed by atoms with van der Waals surface area (Å²) in [5.41, 5.74) is 7.24. The van der Waals surface area contributed by atoms with Crippen molar-refractivity contribution in [1.29, 1.82) is 0 Å². The van der Waals surface area contributed by atoms with Gasteiger partial charge >= 0.3 is 0 Å². The van der Waals surface area contributed by atoms with Gasteiger partial charge in [-0.3, -0.25) is 0 Å². The van der Waals surface area contributed by atoms with Gasteiger partial charge in [0.2, 0.25) is 0 Å². The van der Waals surface area contributed by atoms with Crippen molar-refractivity contribution in [3.63, 3.8) is 0 Å². The maximum absolute atomic E-state index is 8.72. The molecule has 5 nitrogen and oxygen atoms in total. The standard InChI is InChI=1S/C15H23ClN4O/c1-19(2)10-11-5-7-20(8-6-11)12-3-4-13(14(16)9-12)15(17)18-21/h3-4,9,11,21H,5-8,10H2,1-2H3,(H2,17,18). The van der Waals surface area contributed by atoms with Crippen LogP contribution in [0.2, 0.25) is 5.02 Å². The van der Waals surface area contributed by atoms with Gasteiger partial charge in [0.1, 0.15) is 0 Å². The molecule has 1 aliphatic rings. The topological polar surface area (TPSA) is 65.1 Å². The smallest absolute Gasteiger partial charge is 0.171 e. The van der Waals surface area contributed by atoms with Crippen molar-refractivity contribution in [1.82, 2.24) is 4.90 Å². The van der Waals surface area contributed by atoms with E-state index in [2.05, 4.69) is 29.1 Å². The Morgan fingerprint density at radius 2 is 2.10 bits per heavy atom. The van der Waals surface area contributed by atoms with Gasteiger partial charge in [0, 0.05) is 30.9 Å². The number of piperidine rings is 1. The highest BCUT2D eigenvalue weighted by molar-refractivity contribution is 6.34. The van der Waals surface area contributed by atoms with Crippen LogP contribution in [0.25, 0.3) is 0 Å². The molecule has 0 aromatic heterocycles. The summed E-state index contributed by atoms with van der Waals surface area (Å²) in [6.07, 6.45) is 2.38. The molecule has 3 N–H and O–H groups in total. The number of halogens is 1. The fraction of sp³-hybridized carbons (Fsp3) is 0.533. The predicted molar refractivity (Wildman–Crippen MR) is 87.5 cm³/mol. The molecule has 1 aliphatic heterocycles. The Hall–Kier alpha value is -1.46. The molecule has 1 fully saturated rings. The second-order valence-electron chi connectivity index (χ2n) is 5.84. The Bertz CT molecular complexity index is 510. The first kappa shape index (κ1) is 15.9. The molecular weight excluding hydrogens is 288 g/mol. The second-order valence-corrected chi connectivity index (χ2v) is 6.25. The summed E-state index contributed by atoms with van der Waals surface area (Å²) in [7, 11) is 4.25. The third kappa shape index (κ3) is 4.02. The van der Waals surface area contributed by atoms with Crippen LogP contribution in [0, 0.1) is 5.92 Å². The molecule has 1 heterocycles. The van der Waals surface area contributed by atoms with Crippen LogP contribution < -0.4 is 10.6 Å². The minimum atomic E-state index is 0.0382. The molecule has 2 rings (SSSR count). The van der Waals surface area contributed by atoms with Crippen molar-refractivity contribution < 1.29 is 5.21 Å². The predicted octanol–water partition coefficient (Wildman–Crippen LogP) is 2.21. The summed E-state index contributed by atoms with van der Waals surface area (Å²) < 4.78 is 0. The van der Waals surface area contributed by atoms with Crippen molar-refractivity contribution >= 4 is 23.1 Å². The van der Waals surface area contributed by atoms with Gasteiger partial charge in [0.25, 0.3) is 0 Å². The summed E-state index contributed by atoms with van der Waals surface area (Å²) >= 11 is 6.21. The van der Waals surface area contributed by atoms with Gasteiger partial charge in [-0.05, 0) is 51.1 Å². The zero-order valence-corrected chi connectivity index (χ0v) is 13.3. The van der Waals surface area contributed by atoms with Gasteiger partial charge in [-0.15, -0.1) is 0 Å². The lowest BCUT2D eigenvalue weighted by molar-refractivity contribution is 0.285. The molecule has 0 aliphatic carbocycles. The van der Waals surface area contributed by atoms with Crippen LogP contribution in [0.1, 0.15) is 18.4 Å². The van der Waals surface area contributed by atoms with Crippen molar-refractivity contribution in [3.8, 4) is 0 Å². The molecule has 0 radical (unpaired) electrons. The van der Waals surface area contributed by atoms with E-state index in [9.17, 15) is 0 Å². The zero-order valence-electron chi connectivity index (χ0n) is 12.6. The fourth-order valence-electron chi connectivity index (χ4n) is 2.85. The van der Waals surface area contributed by atoms with Crippen LogP contribution in [0.3, 0.4) is 0 Å². The van der Waals surface area contributed by atoms with Gasteiger partial charge in [-0.1, -0.05) is 16.8 Å². The second kappa shape index (κ2) is 7.00. The van der Waals surface area contributed by atoms with Crippen LogP contribution in [-0.2, 0) is 0 Å². The maximum atomic E-state index is 8.72. The van der Waals surface area contributed by atoms with Gasteiger partial charge in [-0.25, -0.2) is 0 Å². The molecule has 0 spiro atoms. The SMILES string of the molecule is CN(C)CC1CCN(c2ccc(C(N)=NO)c(Cl)c2)CC1. The minimum absolute atomic E-state index is 0.0382. The Morgan fingerprint density at radius 3 is 2.62 bits per heavy atom. The first-order valence-electron chi connectivity index (χ1n) is 7.18. The monoisotopic (exact) mass is 310 g/mol. The highest BCUT2D eigenvalue weighted by Crippen LogP contribution is 2.27. The molecule has 1 aromatic rings. The molecule has 6 heteroatoms. The van der Waals surface area contributed by atoms with Crippen molar-refractivity contribution in [2.75, 3.05) is 38.6 Å². The third-order valence-corrected chi connectivity index (χ3v) is 4.25. The van der Waals surface area contributed by atoms with E-state index in [1.54, 1.807) is 6.07 Å². The first-order chi connectivity index (χ1) is 10.0. The highest BCUT2D eigenvalue weighted by Gasteiger charge is 2.20. The Kier molecular flexibility index (Phi) is 5.31. The summed E-state index contributed by atoms with van der Waals surface area (Å²) in [5, 5.41) is 12.2. The third-order valence-electron chi connectivity index (χ3n) is 3.94. The number of rotatable bonds is 4. The largest absolute Gasteiger partial charge is 0.409 e. The molecule has 0 unspecified atom stereocenters. The van der Waals surface area contributed by atoms with E-state index in [0.29, 0.717) is 10.6 Å². The van der Waals surface area contributed by atoms with Crippen LogP contribution in [0.5, 0.6) is 0 Å². The van der Waals surface area contributed by atoms with Gasteiger partial charge in [0.15, 0.2) is 5.84 Å². The highest BCUT2D eigenvalue weighted by atomic mass is 35.5. The Morgan fingerprint density at radius 1 is 1.43 bits per heavy atom. The number of oxime groups is 1. The van der Waals surface area contributed by atoms with Crippen LogP contribution >= 0.6 is 11.6 Å². The van der Waals surface area contributed by atoms with E-state index >= 15 is 0 Å². The van der Waals surface area contributed by atoms with E-state index in [4.69, 9.17) is 22.5 Å². The summed E-state index contributed by atoms with van der Waals surface area (Å²) in [4.78, 5) is 4.59. The molecule has 0 amide bonds. The average molecular weight is 311 g/mol. The van der Waals surface area contributed by atoms with Crippen molar-refractivity contribution in [2.45, 2.75) is 12.8 Å². The lowest BCUT2D eigenvalue weighted by Crippen LogP contribution is -2.37. The summed E-state index contributed by atoms with van der Waals surface area (Å²) in [5.74, 6) is 0.805. The number of amidine groups is 1. The fourth-order valence-corrected chi connectivity index (χ4v) is 3.12. The van der Waals surface area contributed by atoms with Gasteiger partial charge in [-0.2, -0.15) is 0 Å². The number of benzene rings is 1. The van der Waals surface area contributed by atoms with E-state index in [-0.39, 0.29) is 5.84 Å². The molecular formula is C15H23ClN4O. The number of nitrogens with two attached hydrogens (primary N) is 1. The molecule has 0 bridgehead atoms. The van der Waals surface area contributed by atoms with Crippen molar-refractivity contribution in [3.05, 3.63) is 28.8 Å². The van der Waals surface area contributed by atoms with Gasteiger partial charge < -0.3 is 20.7 Å². The quantitative estimate of drug-likeness (QED) is 0.387. The van der Waals surface area contributed by atoms with Crippen LogP contribution in [-0.4, -0.2) is 49.7 Å². The van der Waals surface area contributed by atoms with Crippen molar-refractivity contribution in [2.24, 2.45) is 16.8 Å². The van der Waals surface area contributed by atoms with Crippen LogP contribution in [0.15, 0.2) is 23.4 Å². The Labute approximate surface area is 131 Å². The normalized spacial score (nSPS) is 17.5. The lowest BCUT2D eigenvalue weighted by Gasteiger charge is -2.34. The number of hydrogen-bond donors (Lipinski definition) is 2. The Balaban J connectivity index is 2.02. The molecule has 1 saturated heterocycles. The van der Waals surface area contributed by atoms with E-state index in [1.807, 2.05) is 12.1 Å². The molecule has 116 valence electrons. The number of nitrogens with zero attached hydrogens (tertiary/aromatic N) is 3. The van der Waals surface area contributed by atoms with E-state index in [0.717, 1.165) is 31.2 Å². The molecule has 0 saturated carbocycles. The van der Waals surface area contributed by atoms with E-state index < -0.39 is 0 Å². The first-order valence-corrected chi connectivity index (χ1v) is 7.56. The zero-order chi connectivity index (χ0) is 15.4. The lowest BCUT2D eigenvalue weighted by atomic mass is 9.96. The molecule has 1 aromatic carbocycles. The number of anilines is 1. The molecule has 21 heavy (non-hydrogen) atoms. The summed E-state index contributed by atoms with van der Waals surface area (Å²) in [6, 6.07) is 5.67. The number of hydrogen-bond acceptors (Lipinski definition) is 4.